The minimum atomic E-state index is -4.85. The topological polar surface area (TPSA) is 281 Å². The molecule has 9 rings (SSSR count). The van der Waals surface area contributed by atoms with Crippen LogP contribution in [0.1, 0.15) is 11.1 Å². The molecule has 0 saturated heterocycles. The summed E-state index contributed by atoms with van der Waals surface area (Å²) in [6, 6.07) is 46.9. The van der Waals surface area contributed by atoms with Gasteiger partial charge in [-0.25, -0.2) is 0 Å². The molecule has 25 heteroatoms. The summed E-state index contributed by atoms with van der Waals surface area (Å²) in [7, 11) is -9.24. The van der Waals surface area contributed by atoms with Crippen molar-refractivity contribution in [2.75, 3.05) is 20.5 Å². The lowest BCUT2D eigenvalue weighted by Gasteiger charge is -2.29. The quantitative estimate of drug-likeness (QED) is 0.0292. The Morgan fingerprint density at radius 2 is 0.957 bits per heavy atom. The summed E-state index contributed by atoms with van der Waals surface area (Å²) in [5, 5.41) is 45.2. The number of hydrogen-bond donors (Lipinski definition) is 4. The molecule has 4 N–H and O–H groups in total. The van der Waals surface area contributed by atoms with E-state index in [1.807, 2.05) is 54.6 Å². The van der Waals surface area contributed by atoms with Crippen molar-refractivity contribution >= 4 is 100.0 Å². The van der Waals surface area contributed by atoms with E-state index in [0.29, 0.717) is 22.9 Å². The molecule has 0 unspecified atom stereocenters. The van der Waals surface area contributed by atoms with Crippen LogP contribution in [-0.2, 0) is 20.2 Å². The van der Waals surface area contributed by atoms with Gasteiger partial charge in [0, 0.05) is 39.0 Å². The highest BCUT2D eigenvalue weighted by Gasteiger charge is 2.32. The molecule has 69 heavy (non-hydrogen) atoms. The lowest BCUT2D eigenvalue weighted by Crippen LogP contribution is -2.45. The SMILES string of the molecule is O=[N+]([O-])c1ccc(N2N=C(c3ccccc3)NN2c2ccc(N=Nc3ccc(S(=O)(=O)O)cc3)cc2S(=O)(=O)O)cc1.O=[N+]([O-])c1ccc(N2NC(c3ccccc3)=NN2c2ccc(I)cc2)cc1. The van der Waals surface area contributed by atoms with E-state index >= 15 is 0 Å². The van der Waals surface area contributed by atoms with E-state index in [1.165, 1.54) is 70.9 Å². The van der Waals surface area contributed by atoms with Crippen molar-refractivity contribution in [2.45, 2.75) is 9.79 Å². The number of hydrazine groups is 4. The van der Waals surface area contributed by atoms with Crippen LogP contribution in [0, 0.1) is 23.8 Å². The van der Waals surface area contributed by atoms with Crippen LogP contribution in [0.25, 0.3) is 0 Å². The summed E-state index contributed by atoms with van der Waals surface area (Å²) in [5.41, 5.74) is 9.82. The Balaban J connectivity index is 0.000000204. The molecule has 0 spiro atoms. The molecule has 0 radical (unpaired) electrons. The predicted octanol–water partition coefficient (Wildman–Crippen LogP) is 8.92. The van der Waals surface area contributed by atoms with Crippen molar-refractivity contribution in [1.29, 1.82) is 0 Å². The molecule has 0 amide bonds. The highest BCUT2D eigenvalue weighted by Crippen LogP contribution is 2.35. The van der Waals surface area contributed by atoms with Gasteiger partial charge in [0.1, 0.15) is 10.6 Å². The first kappa shape index (κ1) is 47.1. The molecule has 7 aromatic rings. The zero-order chi connectivity index (χ0) is 48.9. The summed E-state index contributed by atoms with van der Waals surface area (Å²) >= 11 is 2.25. The van der Waals surface area contributed by atoms with Gasteiger partial charge in [-0.3, -0.25) is 40.2 Å². The zero-order valence-electron chi connectivity index (χ0n) is 35.1. The number of amidine groups is 2. The monoisotopic (exact) mass is 1080 g/mol. The van der Waals surface area contributed by atoms with Crippen molar-refractivity contribution in [1.82, 2.24) is 10.9 Å². The fourth-order valence-electron chi connectivity index (χ4n) is 6.48. The molecular weight excluding hydrogens is 1050 g/mol. The van der Waals surface area contributed by atoms with Gasteiger partial charge in [-0.15, -0.1) is 10.2 Å². The highest BCUT2D eigenvalue weighted by atomic mass is 127. The Labute approximate surface area is 406 Å². The fraction of sp³-hybridized carbons (Fsp3) is 0. The first-order valence-electron chi connectivity index (χ1n) is 19.9. The summed E-state index contributed by atoms with van der Waals surface area (Å²) in [4.78, 5) is 20.2. The second-order valence-corrected chi connectivity index (χ2v) is 18.4. The maximum absolute atomic E-state index is 12.5. The first-order chi connectivity index (χ1) is 33.0. The Kier molecular flexibility index (Phi) is 13.6. The predicted molar refractivity (Wildman–Crippen MR) is 264 cm³/mol. The molecule has 0 fully saturated rings. The largest absolute Gasteiger partial charge is 0.296 e. The molecular formula is C44H33IN12O10S2. The van der Waals surface area contributed by atoms with Crippen LogP contribution in [0.4, 0.5) is 45.5 Å². The summed E-state index contributed by atoms with van der Waals surface area (Å²) in [6.45, 7) is 0. The number of halogens is 1. The molecule has 2 aliphatic rings. The number of nitrogens with zero attached hydrogens (tertiary/aromatic N) is 10. The number of azo groups is 1. The van der Waals surface area contributed by atoms with Gasteiger partial charge in [-0.05, 0) is 114 Å². The van der Waals surface area contributed by atoms with E-state index < -0.39 is 35.0 Å². The van der Waals surface area contributed by atoms with Crippen LogP contribution in [0.15, 0.2) is 206 Å². The van der Waals surface area contributed by atoms with Gasteiger partial charge in [0.25, 0.3) is 31.6 Å². The Bertz CT molecular complexity index is 3360. The lowest BCUT2D eigenvalue weighted by atomic mass is 10.2. The number of hydrazone groups is 2. The van der Waals surface area contributed by atoms with Gasteiger partial charge in [0.15, 0.2) is 11.7 Å². The second-order valence-electron chi connectivity index (χ2n) is 14.4. The fourth-order valence-corrected chi connectivity index (χ4v) is 8.01. The summed E-state index contributed by atoms with van der Waals surface area (Å²) in [5.74, 6) is 1.000. The Morgan fingerprint density at radius 1 is 0.522 bits per heavy atom. The van der Waals surface area contributed by atoms with E-state index in [2.05, 4.69) is 48.8 Å². The Hall–Kier alpha value is -8.37. The molecule has 348 valence electrons. The molecule has 0 bridgehead atoms. The molecule has 0 atom stereocenters. The van der Waals surface area contributed by atoms with Crippen molar-refractivity contribution in [3.8, 4) is 0 Å². The standard InChI is InChI=1S/C25H19N7O8S2.C19H14IN5O2/c33-32(34)21-11-9-20(10-12-21)30-28-25(17-4-2-1-3-5-17)29-31(30)23-15-8-19(16-24(23)42(38,39)40)27-26-18-6-13-22(14-7-18)41(35,36)37;20-15-6-8-16(9-7-15)23-21-19(14-4-2-1-3-5-14)22-24(23)17-10-12-18(13-11-17)25(26)27/h1-16H,(H,28,29)(H,35,36,37)(H,38,39,40);1-13H,(H,21,22). The lowest BCUT2D eigenvalue weighted by molar-refractivity contribution is -0.385. The Morgan fingerprint density at radius 3 is 1.43 bits per heavy atom. The minimum absolute atomic E-state index is 0.0236. The first-order valence-corrected chi connectivity index (χ1v) is 23.8. The van der Waals surface area contributed by atoms with Gasteiger partial charge < -0.3 is 0 Å². The third-order valence-electron chi connectivity index (χ3n) is 9.81. The van der Waals surface area contributed by atoms with Gasteiger partial charge in [0.2, 0.25) is 0 Å². The minimum Gasteiger partial charge on any atom is -0.282 e. The van der Waals surface area contributed by atoms with Gasteiger partial charge in [-0.2, -0.15) is 47.5 Å². The van der Waals surface area contributed by atoms with E-state index in [0.717, 1.165) is 38.7 Å². The van der Waals surface area contributed by atoms with Crippen LogP contribution in [0.2, 0.25) is 0 Å². The molecule has 0 saturated carbocycles. The number of nitrogens with one attached hydrogen (secondary N) is 2. The van der Waals surface area contributed by atoms with E-state index in [4.69, 9.17) is 9.65 Å². The van der Waals surface area contributed by atoms with E-state index in [9.17, 15) is 41.6 Å². The van der Waals surface area contributed by atoms with E-state index in [1.54, 1.807) is 52.7 Å². The number of benzene rings is 7. The summed E-state index contributed by atoms with van der Waals surface area (Å²) in [6.07, 6.45) is 0. The van der Waals surface area contributed by atoms with Crippen molar-refractivity contribution in [3.05, 3.63) is 211 Å². The van der Waals surface area contributed by atoms with Crippen LogP contribution in [0.5, 0.6) is 0 Å². The van der Waals surface area contributed by atoms with Crippen molar-refractivity contribution in [3.63, 3.8) is 0 Å². The smallest absolute Gasteiger partial charge is 0.282 e. The van der Waals surface area contributed by atoms with Crippen LogP contribution < -0.4 is 31.3 Å². The number of nitro groups is 2. The molecule has 7 aromatic carbocycles. The molecule has 22 nitrogen and oxygen atoms in total. The van der Waals surface area contributed by atoms with Crippen LogP contribution >= 0.6 is 22.6 Å². The second kappa shape index (κ2) is 19.8. The van der Waals surface area contributed by atoms with Gasteiger partial charge in [-0.1, -0.05) is 60.7 Å². The number of hydrogen-bond acceptors (Lipinski definition) is 18. The van der Waals surface area contributed by atoms with Gasteiger partial charge in [0.05, 0.1) is 43.2 Å². The normalized spacial score (nSPS) is 13.6. The maximum atomic E-state index is 12.5. The summed E-state index contributed by atoms with van der Waals surface area (Å²) < 4.78 is 67.8. The average molecular weight is 1080 g/mol. The molecule has 0 aromatic heterocycles. The van der Waals surface area contributed by atoms with Crippen molar-refractivity contribution < 1.29 is 35.8 Å². The molecule has 2 aliphatic heterocycles. The van der Waals surface area contributed by atoms with E-state index in [-0.39, 0.29) is 33.3 Å². The highest BCUT2D eigenvalue weighted by molar-refractivity contribution is 14.1. The van der Waals surface area contributed by atoms with Crippen molar-refractivity contribution in [2.24, 2.45) is 20.4 Å². The molecule has 2 heterocycles. The maximum Gasteiger partial charge on any atom is 0.296 e. The number of nitro benzene ring substituents is 2. The number of non-ortho nitro benzene ring substituents is 2. The number of anilines is 4. The van der Waals surface area contributed by atoms with Gasteiger partial charge >= 0.3 is 0 Å². The third kappa shape index (κ3) is 11.1. The number of rotatable bonds is 12. The zero-order valence-corrected chi connectivity index (χ0v) is 38.9. The third-order valence-corrected chi connectivity index (χ3v) is 12.3. The average Bonchev–Trinajstić information content (AvgIpc) is 4.01. The van der Waals surface area contributed by atoms with Crippen LogP contribution in [0.3, 0.4) is 0 Å². The van der Waals surface area contributed by atoms with Crippen LogP contribution in [-0.4, -0.2) is 47.5 Å². The molecule has 0 aliphatic carbocycles.